The third-order valence-electron chi connectivity index (χ3n) is 3.40. The zero-order chi connectivity index (χ0) is 17.2. The molecule has 24 heavy (non-hydrogen) atoms. The number of hydrogen-bond donors (Lipinski definition) is 2. The molecule has 0 saturated carbocycles. The molecule has 7 nitrogen and oxygen atoms in total. The maximum Gasteiger partial charge on any atom is 0.324 e. The van der Waals surface area contributed by atoms with Crippen molar-refractivity contribution >= 4 is 38.9 Å². The summed E-state index contributed by atoms with van der Waals surface area (Å²) in [4.78, 5) is 23.9. The molecule has 0 spiro atoms. The van der Waals surface area contributed by atoms with Crippen LogP contribution < -0.4 is 10.0 Å². The highest BCUT2D eigenvalue weighted by atomic mass is 32.2. The zero-order valence-corrected chi connectivity index (χ0v) is 14.0. The van der Waals surface area contributed by atoms with Gasteiger partial charge >= 0.3 is 5.97 Å². The Morgan fingerprint density at radius 3 is 2.54 bits per heavy atom. The second-order valence-electron chi connectivity index (χ2n) is 5.09. The van der Waals surface area contributed by atoms with E-state index in [1.165, 1.54) is 35.6 Å². The smallest absolute Gasteiger partial charge is 0.324 e. The fourth-order valence-electron chi connectivity index (χ4n) is 2.18. The van der Waals surface area contributed by atoms with Crippen molar-refractivity contribution in [1.82, 2.24) is 4.72 Å². The predicted molar refractivity (Wildman–Crippen MR) is 88.4 cm³/mol. The molecule has 1 amide bonds. The van der Waals surface area contributed by atoms with Gasteiger partial charge in [-0.3, -0.25) is 9.59 Å². The van der Waals surface area contributed by atoms with E-state index in [0.717, 1.165) is 0 Å². The topological polar surface area (TPSA) is 102 Å². The van der Waals surface area contributed by atoms with Crippen LogP contribution in [0.25, 0.3) is 0 Å². The van der Waals surface area contributed by atoms with Gasteiger partial charge in [0.15, 0.2) is 0 Å². The molecule has 1 atom stereocenters. The lowest BCUT2D eigenvalue weighted by Gasteiger charge is -2.10. The quantitative estimate of drug-likeness (QED) is 0.783. The number of cyclic esters (lactones) is 1. The number of anilines is 1. The van der Waals surface area contributed by atoms with Crippen LogP contribution in [0.3, 0.4) is 0 Å². The molecule has 1 aromatic carbocycles. The summed E-state index contributed by atoms with van der Waals surface area (Å²) < 4.78 is 31.5. The summed E-state index contributed by atoms with van der Waals surface area (Å²) in [5.74, 6) is -0.828. The second kappa shape index (κ2) is 6.71. The molecule has 1 aliphatic rings. The first kappa shape index (κ1) is 16.6. The maximum atomic E-state index is 12.2. The fourth-order valence-corrected chi connectivity index (χ4v) is 4.01. The number of carbonyl (C=O) groups is 2. The lowest BCUT2D eigenvalue weighted by atomic mass is 10.3. The molecule has 2 N–H and O–H groups in total. The molecule has 1 aromatic heterocycles. The van der Waals surface area contributed by atoms with Crippen molar-refractivity contribution in [3.63, 3.8) is 0 Å². The number of benzene rings is 1. The number of hydrogen-bond acceptors (Lipinski definition) is 6. The first-order chi connectivity index (χ1) is 11.5. The summed E-state index contributed by atoms with van der Waals surface area (Å²) >= 11 is 1.31. The minimum atomic E-state index is -3.83. The van der Waals surface area contributed by atoms with Crippen LogP contribution >= 0.6 is 11.3 Å². The molecule has 0 aliphatic carbocycles. The predicted octanol–water partition coefficient (Wildman–Crippen LogP) is 1.59. The Kier molecular flexibility index (Phi) is 4.65. The summed E-state index contributed by atoms with van der Waals surface area (Å²) in [6.07, 6.45) is 0.313. The lowest BCUT2D eigenvalue weighted by Crippen LogP contribution is -2.37. The van der Waals surface area contributed by atoms with E-state index in [0.29, 0.717) is 17.0 Å². The number of esters is 1. The third-order valence-corrected chi connectivity index (χ3v) is 5.76. The number of carbonyl (C=O) groups excluding carboxylic acids is 2. The lowest BCUT2D eigenvalue weighted by molar-refractivity contribution is -0.139. The van der Waals surface area contributed by atoms with Crippen molar-refractivity contribution < 1.29 is 22.7 Å². The first-order valence-corrected chi connectivity index (χ1v) is 9.46. The second-order valence-corrected chi connectivity index (χ2v) is 7.75. The molecule has 9 heteroatoms. The van der Waals surface area contributed by atoms with E-state index < -0.39 is 22.0 Å². The van der Waals surface area contributed by atoms with E-state index in [9.17, 15) is 18.0 Å². The molecule has 2 aromatic rings. The molecule has 0 unspecified atom stereocenters. The average molecular weight is 366 g/mol. The molecule has 2 heterocycles. The van der Waals surface area contributed by atoms with Gasteiger partial charge in [0, 0.05) is 12.1 Å². The monoisotopic (exact) mass is 366 g/mol. The SMILES string of the molecule is O=C(Nc1ccc(S(=O)(=O)N[C@H]2CCOC2=O)cc1)c1cccs1. The molecule has 0 radical (unpaired) electrons. The van der Waals surface area contributed by atoms with E-state index in [-0.39, 0.29) is 17.4 Å². The van der Waals surface area contributed by atoms with Crippen LogP contribution in [0.15, 0.2) is 46.7 Å². The Hall–Kier alpha value is -2.23. The molecule has 3 rings (SSSR count). The number of amides is 1. The van der Waals surface area contributed by atoms with Gasteiger partial charge in [-0.2, -0.15) is 4.72 Å². The molecular weight excluding hydrogens is 352 g/mol. The van der Waals surface area contributed by atoms with Gasteiger partial charge in [0.05, 0.1) is 16.4 Å². The van der Waals surface area contributed by atoms with Crippen LogP contribution in [-0.2, 0) is 19.6 Å². The van der Waals surface area contributed by atoms with E-state index in [4.69, 9.17) is 4.74 Å². The Morgan fingerprint density at radius 2 is 1.96 bits per heavy atom. The minimum Gasteiger partial charge on any atom is -0.464 e. The Morgan fingerprint density at radius 1 is 1.21 bits per heavy atom. The molecule has 1 aliphatic heterocycles. The summed E-state index contributed by atoms with van der Waals surface area (Å²) in [6.45, 7) is 0.208. The summed E-state index contributed by atoms with van der Waals surface area (Å²) in [7, 11) is -3.83. The highest BCUT2D eigenvalue weighted by molar-refractivity contribution is 7.89. The standard InChI is InChI=1S/C15H14N2O5S2/c18-14(13-2-1-9-23-13)16-10-3-5-11(6-4-10)24(20,21)17-12-7-8-22-15(12)19/h1-6,9,12,17H,7-8H2,(H,16,18)/t12-/m0/s1. The van der Waals surface area contributed by atoms with Crippen molar-refractivity contribution in [3.8, 4) is 0 Å². The van der Waals surface area contributed by atoms with Crippen LogP contribution in [0.2, 0.25) is 0 Å². The van der Waals surface area contributed by atoms with Gasteiger partial charge in [-0.1, -0.05) is 6.07 Å². The van der Waals surface area contributed by atoms with Crippen molar-refractivity contribution in [2.24, 2.45) is 0 Å². The van der Waals surface area contributed by atoms with Gasteiger partial charge in [0.25, 0.3) is 5.91 Å². The van der Waals surface area contributed by atoms with Crippen LogP contribution in [-0.4, -0.2) is 32.9 Å². The highest BCUT2D eigenvalue weighted by Gasteiger charge is 2.31. The number of rotatable bonds is 5. The van der Waals surface area contributed by atoms with Gasteiger partial charge in [-0.15, -0.1) is 11.3 Å². The normalized spacial score (nSPS) is 17.5. The zero-order valence-electron chi connectivity index (χ0n) is 12.4. The Labute approximate surface area is 142 Å². The van der Waals surface area contributed by atoms with Gasteiger partial charge in [0.2, 0.25) is 10.0 Å². The largest absolute Gasteiger partial charge is 0.464 e. The number of ether oxygens (including phenoxy) is 1. The van der Waals surface area contributed by atoms with Gasteiger partial charge < -0.3 is 10.1 Å². The maximum absolute atomic E-state index is 12.2. The average Bonchev–Trinajstić information content (AvgIpc) is 3.20. The van der Waals surface area contributed by atoms with Crippen molar-refractivity contribution in [1.29, 1.82) is 0 Å². The molecule has 0 bridgehead atoms. The van der Waals surface area contributed by atoms with Crippen LogP contribution in [0.5, 0.6) is 0 Å². The summed E-state index contributed by atoms with van der Waals surface area (Å²) in [6, 6.07) is 8.34. The minimum absolute atomic E-state index is 0.0105. The fraction of sp³-hybridized carbons (Fsp3) is 0.200. The van der Waals surface area contributed by atoms with Crippen LogP contribution in [0.4, 0.5) is 5.69 Å². The Bertz CT molecular complexity index is 844. The van der Waals surface area contributed by atoms with E-state index in [1.807, 2.05) is 0 Å². The summed E-state index contributed by atoms with van der Waals surface area (Å²) in [5.41, 5.74) is 0.479. The van der Waals surface area contributed by atoms with Crippen LogP contribution in [0, 0.1) is 0 Å². The molecule has 1 saturated heterocycles. The van der Waals surface area contributed by atoms with Gasteiger partial charge in [0.1, 0.15) is 6.04 Å². The van der Waals surface area contributed by atoms with Gasteiger partial charge in [-0.25, -0.2) is 8.42 Å². The van der Waals surface area contributed by atoms with Crippen molar-refractivity contribution in [2.75, 3.05) is 11.9 Å². The van der Waals surface area contributed by atoms with E-state index >= 15 is 0 Å². The number of thiophene rings is 1. The number of sulfonamides is 1. The van der Waals surface area contributed by atoms with Crippen molar-refractivity contribution in [2.45, 2.75) is 17.4 Å². The molecular formula is C15H14N2O5S2. The molecule has 126 valence electrons. The Balaban J connectivity index is 1.69. The highest BCUT2D eigenvalue weighted by Crippen LogP contribution is 2.18. The van der Waals surface area contributed by atoms with E-state index in [2.05, 4.69) is 10.0 Å². The third kappa shape index (κ3) is 3.64. The van der Waals surface area contributed by atoms with Crippen molar-refractivity contribution in [3.05, 3.63) is 46.7 Å². The number of nitrogens with one attached hydrogen (secondary N) is 2. The van der Waals surface area contributed by atoms with Crippen LogP contribution in [0.1, 0.15) is 16.1 Å². The van der Waals surface area contributed by atoms with E-state index in [1.54, 1.807) is 17.5 Å². The van der Waals surface area contributed by atoms with Gasteiger partial charge in [-0.05, 0) is 35.7 Å². The summed E-state index contributed by atoms with van der Waals surface area (Å²) in [5, 5.41) is 4.48. The molecule has 1 fully saturated rings. The first-order valence-electron chi connectivity index (χ1n) is 7.09.